The second kappa shape index (κ2) is 6.28. The summed E-state index contributed by atoms with van der Waals surface area (Å²) in [6.07, 6.45) is 1.08. The molecule has 0 saturated heterocycles. The fourth-order valence-corrected chi connectivity index (χ4v) is 2.01. The molecule has 100 valence electrons. The van der Waals surface area contributed by atoms with Crippen LogP contribution in [0.15, 0.2) is 18.2 Å². The molecule has 4 nitrogen and oxygen atoms in total. The van der Waals surface area contributed by atoms with E-state index in [1.54, 1.807) is 19.2 Å². The molecule has 0 saturated carbocycles. The maximum absolute atomic E-state index is 11.5. The fourth-order valence-electron chi connectivity index (χ4n) is 2.01. The topological polar surface area (TPSA) is 67.2 Å². The van der Waals surface area contributed by atoms with Crippen LogP contribution >= 0.6 is 0 Å². The zero-order valence-electron chi connectivity index (χ0n) is 11.6. The van der Waals surface area contributed by atoms with Crippen LogP contribution in [0.2, 0.25) is 0 Å². The smallest absolute Gasteiger partial charge is 0.251 e. The van der Waals surface area contributed by atoms with E-state index < -0.39 is 0 Å². The molecule has 0 fully saturated rings. The number of nitrogens with two attached hydrogens (primary N) is 1. The number of carbonyl (C=O) groups is 1. The maximum Gasteiger partial charge on any atom is 0.251 e. The first-order valence-corrected chi connectivity index (χ1v) is 6.32. The minimum absolute atomic E-state index is 0.122. The highest BCUT2D eigenvalue weighted by atomic mass is 16.1. The van der Waals surface area contributed by atoms with Gasteiger partial charge in [-0.15, -0.1) is 0 Å². The first kappa shape index (κ1) is 14.4. The summed E-state index contributed by atoms with van der Waals surface area (Å²) in [5.41, 5.74) is 8.02. The highest BCUT2D eigenvalue weighted by molar-refractivity contribution is 5.95. The molecule has 1 rings (SSSR count). The van der Waals surface area contributed by atoms with Crippen molar-refractivity contribution in [2.75, 3.05) is 18.1 Å². The number of amides is 1. The summed E-state index contributed by atoms with van der Waals surface area (Å²) in [5, 5.41) is 5.95. The Bertz CT molecular complexity index is 416. The lowest BCUT2D eigenvalue weighted by molar-refractivity contribution is 0.0963. The summed E-state index contributed by atoms with van der Waals surface area (Å²) in [5.74, 6) is 0.516. The van der Waals surface area contributed by atoms with Gasteiger partial charge in [-0.2, -0.15) is 0 Å². The van der Waals surface area contributed by atoms with Crippen molar-refractivity contribution in [3.05, 3.63) is 23.8 Å². The van der Waals surface area contributed by atoms with Gasteiger partial charge in [-0.3, -0.25) is 4.79 Å². The quantitative estimate of drug-likeness (QED) is 0.702. The molecule has 0 aromatic heterocycles. The average molecular weight is 249 g/mol. The summed E-state index contributed by atoms with van der Waals surface area (Å²) in [4.78, 5) is 11.5. The Labute approximate surface area is 109 Å². The molecule has 1 atom stereocenters. The Morgan fingerprint density at radius 2 is 2.00 bits per heavy atom. The molecule has 0 aliphatic rings. The lowest BCUT2D eigenvalue weighted by Crippen LogP contribution is -2.20. The van der Waals surface area contributed by atoms with E-state index in [9.17, 15) is 4.79 Å². The van der Waals surface area contributed by atoms with E-state index in [0.717, 1.165) is 12.1 Å². The first-order valence-electron chi connectivity index (χ1n) is 6.32. The first-order chi connectivity index (χ1) is 8.43. The second-order valence-electron chi connectivity index (χ2n) is 5.06. The third-order valence-electron chi connectivity index (χ3n) is 2.77. The van der Waals surface area contributed by atoms with Crippen molar-refractivity contribution in [3.63, 3.8) is 0 Å². The largest absolute Gasteiger partial charge is 0.397 e. The number of anilines is 2. The highest BCUT2D eigenvalue weighted by Gasteiger charge is 2.09. The predicted octanol–water partition coefficient (Wildman–Crippen LogP) is 2.47. The summed E-state index contributed by atoms with van der Waals surface area (Å²) < 4.78 is 0. The van der Waals surface area contributed by atoms with Crippen molar-refractivity contribution in [2.24, 2.45) is 5.92 Å². The molecule has 0 aliphatic carbocycles. The Balaban J connectivity index is 2.76. The third kappa shape index (κ3) is 3.95. The van der Waals surface area contributed by atoms with Gasteiger partial charge in [-0.1, -0.05) is 13.8 Å². The van der Waals surface area contributed by atoms with Crippen molar-refractivity contribution in [3.8, 4) is 0 Å². The van der Waals surface area contributed by atoms with Crippen LogP contribution < -0.4 is 16.4 Å². The standard InChI is InChI=1S/C14H23N3O/c1-9(2)7-10(3)17-13-6-5-11(8-12(13)15)14(18)16-4/h5-6,8-10,17H,7,15H2,1-4H3,(H,16,18). The molecule has 0 heterocycles. The summed E-state index contributed by atoms with van der Waals surface area (Å²) >= 11 is 0. The van der Waals surface area contributed by atoms with Crippen LogP contribution in [0, 0.1) is 5.92 Å². The Morgan fingerprint density at radius 3 is 2.50 bits per heavy atom. The van der Waals surface area contributed by atoms with Gasteiger partial charge < -0.3 is 16.4 Å². The molecule has 0 bridgehead atoms. The summed E-state index contributed by atoms with van der Waals surface area (Å²) in [6.45, 7) is 6.51. The van der Waals surface area contributed by atoms with Crippen LogP contribution in [-0.4, -0.2) is 19.0 Å². The SMILES string of the molecule is CNC(=O)c1ccc(NC(C)CC(C)C)c(N)c1. The number of nitrogens with one attached hydrogen (secondary N) is 2. The average Bonchev–Trinajstić information content (AvgIpc) is 2.29. The lowest BCUT2D eigenvalue weighted by Gasteiger charge is -2.18. The van der Waals surface area contributed by atoms with Crippen LogP contribution in [-0.2, 0) is 0 Å². The van der Waals surface area contributed by atoms with Gasteiger partial charge >= 0.3 is 0 Å². The number of carbonyl (C=O) groups excluding carboxylic acids is 1. The van der Waals surface area contributed by atoms with Gasteiger partial charge in [0.15, 0.2) is 0 Å². The van der Waals surface area contributed by atoms with Crippen LogP contribution in [0.25, 0.3) is 0 Å². The molecule has 1 aromatic rings. The Morgan fingerprint density at radius 1 is 1.33 bits per heavy atom. The van der Waals surface area contributed by atoms with Crippen molar-refractivity contribution in [2.45, 2.75) is 33.2 Å². The zero-order valence-corrected chi connectivity index (χ0v) is 11.6. The normalized spacial score (nSPS) is 12.3. The molecule has 1 aromatic carbocycles. The second-order valence-corrected chi connectivity index (χ2v) is 5.06. The molecular weight excluding hydrogens is 226 g/mol. The van der Waals surface area contributed by atoms with Crippen molar-refractivity contribution >= 4 is 17.3 Å². The van der Waals surface area contributed by atoms with Crippen molar-refractivity contribution in [1.29, 1.82) is 0 Å². The van der Waals surface area contributed by atoms with Crippen LogP contribution in [0.5, 0.6) is 0 Å². The van der Waals surface area contributed by atoms with Gasteiger partial charge in [0, 0.05) is 18.7 Å². The monoisotopic (exact) mass is 249 g/mol. The summed E-state index contributed by atoms with van der Waals surface area (Å²) in [6, 6.07) is 5.69. The fraction of sp³-hybridized carbons (Fsp3) is 0.500. The number of rotatable bonds is 5. The van der Waals surface area contributed by atoms with E-state index in [1.165, 1.54) is 0 Å². The molecule has 4 N–H and O–H groups in total. The van der Waals surface area contributed by atoms with Crippen LogP contribution in [0.1, 0.15) is 37.6 Å². The van der Waals surface area contributed by atoms with E-state index in [2.05, 4.69) is 31.4 Å². The molecule has 0 spiro atoms. The minimum Gasteiger partial charge on any atom is -0.397 e. The Kier molecular flexibility index (Phi) is 5.01. The van der Waals surface area contributed by atoms with E-state index in [1.807, 2.05) is 6.07 Å². The van der Waals surface area contributed by atoms with Crippen molar-refractivity contribution < 1.29 is 4.79 Å². The molecule has 1 amide bonds. The number of hydrogen-bond donors (Lipinski definition) is 3. The van der Waals surface area contributed by atoms with Crippen LogP contribution in [0.3, 0.4) is 0 Å². The van der Waals surface area contributed by atoms with Gasteiger partial charge in [-0.25, -0.2) is 0 Å². The van der Waals surface area contributed by atoms with E-state index in [4.69, 9.17) is 5.73 Å². The Hall–Kier alpha value is -1.71. The van der Waals surface area contributed by atoms with Crippen molar-refractivity contribution in [1.82, 2.24) is 5.32 Å². The molecule has 0 aliphatic heterocycles. The predicted molar refractivity (Wildman–Crippen MR) is 76.8 cm³/mol. The molecule has 4 heteroatoms. The van der Waals surface area contributed by atoms with Crippen LogP contribution in [0.4, 0.5) is 11.4 Å². The molecule has 18 heavy (non-hydrogen) atoms. The number of hydrogen-bond acceptors (Lipinski definition) is 3. The third-order valence-corrected chi connectivity index (χ3v) is 2.77. The molecule has 0 radical (unpaired) electrons. The van der Waals surface area contributed by atoms with Gasteiger partial charge in [-0.05, 0) is 37.5 Å². The van der Waals surface area contributed by atoms with E-state index in [0.29, 0.717) is 23.2 Å². The van der Waals surface area contributed by atoms with E-state index >= 15 is 0 Å². The summed E-state index contributed by atoms with van der Waals surface area (Å²) in [7, 11) is 1.61. The minimum atomic E-state index is -0.122. The van der Waals surface area contributed by atoms with Gasteiger partial charge in [0.2, 0.25) is 0 Å². The molecular formula is C14H23N3O. The zero-order chi connectivity index (χ0) is 13.7. The number of nitrogen functional groups attached to an aromatic ring is 1. The van der Waals surface area contributed by atoms with Gasteiger partial charge in [0.25, 0.3) is 5.91 Å². The highest BCUT2D eigenvalue weighted by Crippen LogP contribution is 2.22. The van der Waals surface area contributed by atoms with Gasteiger partial charge in [0.1, 0.15) is 0 Å². The van der Waals surface area contributed by atoms with Gasteiger partial charge in [0.05, 0.1) is 11.4 Å². The maximum atomic E-state index is 11.5. The lowest BCUT2D eigenvalue weighted by atomic mass is 10.0. The number of benzene rings is 1. The van der Waals surface area contributed by atoms with E-state index in [-0.39, 0.29) is 5.91 Å². The molecule has 1 unspecified atom stereocenters.